The molecule has 0 aliphatic carbocycles. The Bertz CT molecular complexity index is 254. The maximum Gasteiger partial charge on any atom is 0.189 e. The molecule has 3 heteroatoms. The van der Waals surface area contributed by atoms with Gasteiger partial charge in [-0.15, -0.1) is 0 Å². The first-order valence-electron chi connectivity index (χ1n) is 3.96. The van der Waals surface area contributed by atoms with Gasteiger partial charge in [-0.2, -0.15) is 0 Å². The lowest BCUT2D eigenvalue weighted by atomic mass is 10.2. The van der Waals surface area contributed by atoms with Crippen LogP contribution in [0, 0.1) is 6.92 Å². The molecular formula is C9H11NO2. The summed E-state index contributed by atoms with van der Waals surface area (Å²) in [6.07, 6.45) is 0.0210. The van der Waals surface area contributed by atoms with Crippen LogP contribution in [0.5, 0.6) is 0 Å². The molecule has 1 aromatic carbocycles. The molecule has 1 N–H and O–H groups in total. The van der Waals surface area contributed by atoms with E-state index in [0.717, 1.165) is 5.69 Å². The van der Waals surface area contributed by atoms with Crippen LogP contribution < -0.4 is 5.32 Å². The summed E-state index contributed by atoms with van der Waals surface area (Å²) >= 11 is 0. The third-order valence-corrected chi connectivity index (χ3v) is 1.78. The largest absolute Gasteiger partial charge is 0.356 e. The molecule has 0 spiro atoms. The van der Waals surface area contributed by atoms with Gasteiger partial charge in [-0.25, -0.2) is 9.78 Å². The fourth-order valence-corrected chi connectivity index (χ4v) is 1.04. The second-order valence-corrected chi connectivity index (χ2v) is 2.88. The lowest BCUT2D eigenvalue weighted by Crippen LogP contribution is -2.37. The molecule has 1 unspecified atom stereocenters. The average Bonchev–Trinajstić information content (AvgIpc) is 2.00. The summed E-state index contributed by atoms with van der Waals surface area (Å²) in [6, 6.07) is 8.16. The monoisotopic (exact) mass is 165 g/mol. The molecule has 1 heterocycles. The molecule has 0 saturated carbocycles. The summed E-state index contributed by atoms with van der Waals surface area (Å²) in [7, 11) is 0. The van der Waals surface area contributed by atoms with Crippen molar-refractivity contribution in [1.82, 2.24) is 0 Å². The molecule has 0 amide bonds. The van der Waals surface area contributed by atoms with Crippen LogP contribution in [0.25, 0.3) is 0 Å². The first kappa shape index (κ1) is 7.58. The number of rotatable bonds is 2. The van der Waals surface area contributed by atoms with Gasteiger partial charge < -0.3 is 5.32 Å². The van der Waals surface area contributed by atoms with Crippen LogP contribution in [0.1, 0.15) is 5.56 Å². The van der Waals surface area contributed by atoms with Crippen molar-refractivity contribution >= 4 is 5.69 Å². The van der Waals surface area contributed by atoms with Crippen molar-refractivity contribution in [2.75, 3.05) is 11.9 Å². The molecule has 3 nitrogen and oxygen atoms in total. The number of anilines is 1. The van der Waals surface area contributed by atoms with Gasteiger partial charge in [-0.1, -0.05) is 17.7 Å². The van der Waals surface area contributed by atoms with E-state index in [2.05, 4.69) is 29.3 Å². The molecule has 1 aromatic rings. The summed E-state index contributed by atoms with van der Waals surface area (Å²) in [4.78, 5) is 9.32. The highest BCUT2D eigenvalue weighted by atomic mass is 17.2. The van der Waals surface area contributed by atoms with E-state index in [-0.39, 0.29) is 6.23 Å². The molecule has 0 aromatic heterocycles. The van der Waals surface area contributed by atoms with Gasteiger partial charge in [0.25, 0.3) is 0 Å². The van der Waals surface area contributed by atoms with Crippen LogP contribution in [-0.2, 0) is 9.78 Å². The zero-order chi connectivity index (χ0) is 8.39. The van der Waals surface area contributed by atoms with Gasteiger partial charge in [0.2, 0.25) is 0 Å². The van der Waals surface area contributed by atoms with E-state index in [0.29, 0.717) is 6.61 Å². The minimum Gasteiger partial charge on any atom is -0.356 e. The minimum atomic E-state index is 0.0210. The van der Waals surface area contributed by atoms with Crippen molar-refractivity contribution in [3.8, 4) is 0 Å². The minimum absolute atomic E-state index is 0.0210. The summed E-state index contributed by atoms with van der Waals surface area (Å²) in [5.74, 6) is 0. The summed E-state index contributed by atoms with van der Waals surface area (Å²) < 4.78 is 0. The highest BCUT2D eigenvalue weighted by Gasteiger charge is 2.19. The van der Waals surface area contributed by atoms with Crippen molar-refractivity contribution in [1.29, 1.82) is 0 Å². The normalized spacial score (nSPS) is 21.6. The Kier molecular flexibility index (Phi) is 1.98. The number of hydrogen-bond donors (Lipinski definition) is 1. The van der Waals surface area contributed by atoms with Crippen molar-refractivity contribution < 1.29 is 9.78 Å². The standard InChI is InChI=1S/C9H11NO2/c1-7-2-4-8(5-3-7)10-9-6-11-12-9/h2-5,9-10H,6H2,1H3. The van der Waals surface area contributed by atoms with E-state index in [1.54, 1.807) is 0 Å². The molecule has 12 heavy (non-hydrogen) atoms. The van der Waals surface area contributed by atoms with Gasteiger partial charge in [-0.3, -0.25) is 0 Å². The van der Waals surface area contributed by atoms with Gasteiger partial charge in [0.05, 0.1) is 0 Å². The topological polar surface area (TPSA) is 30.5 Å². The van der Waals surface area contributed by atoms with E-state index >= 15 is 0 Å². The van der Waals surface area contributed by atoms with Crippen molar-refractivity contribution in [2.24, 2.45) is 0 Å². The van der Waals surface area contributed by atoms with Crippen LogP contribution in [0.2, 0.25) is 0 Å². The SMILES string of the molecule is Cc1ccc(NC2COO2)cc1. The van der Waals surface area contributed by atoms with Gasteiger partial charge in [0.1, 0.15) is 6.61 Å². The molecular weight excluding hydrogens is 154 g/mol. The number of hydrogen-bond acceptors (Lipinski definition) is 3. The molecule has 0 radical (unpaired) electrons. The maximum atomic E-state index is 4.75. The molecule has 1 fully saturated rings. The smallest absolute Gasteiger partial charge is 0.189 e. The Balaban J connectivity index is 1.98. The zero-order valence-electron chi connectivity index (χ0n) is 6.91. The fourth-order valence-electron chi connectivity index (χ4n) is 1.04. The van der Waals surface area contributed by atoms with Crippen LogP contribution in [0.4, 0.5) is 5.69 Å². The Morgan fingerprint density at radius 3 is 2.50 bits per heavy atom. The fraction of sp³-hybridized carbons (Fsp3) is 0.333. The molecule has 1 atom stereocenters. The predicted molar refractivity (Wildman–Crippen MR) is 45.6 cm³/mol. The Labute approximate surface area is 71.2 Å². The van der Waals surface area contributed by atoms with E-state index in [1.165, 1.54) is 5.56 Å². The number of benzene rings is 1. The molecule has 2 rings (SSSR count). The van der Waals surface area contributed by atoms with Gasteiger partial charge >= 0.3 is 0 Å². The molecule has 64 valence electrons. The highest BCUT2D eigenvalue weighted by Crippen LogP contribution is 2.14. The quantitative estimate of drug-likeness (QED) is 0.676. The predicted octanol–water partition coefficient (Wildman–Crippen LogP) is 1.69. The molecule has 1 aliphatic rings. The molecule has 1 saturated heterocycles. The van der Waals surface area contributed by atoms with Crippen LogP contribution in [0.3, 0.4) is 0 Å². The second kappa shape index (κ2) is 3.13. The number of aryl methyl sites for hydroxylation is 1. The Hall–Kier alpha value is -1.06. The number of nitrogens with one attached hydrogen (secondary N) is 1. The summed E-state index contributed by atoms with van der Waals surface area (Å²) in [6.45, 7) is 2.68. The summed E-state index contributed by atoms with van der Waals surface area (Å²) in [5.41, 5.74) is 2.32. The molecule has 1 aliphatic heterocycles. The van der Waals surface area contributed by atoms with E-state index in [1.807, 2.05) is 12.1 Å². The van der Waals surface area contributed by atoms with Crippen molar-refractivity contribution in [3.05, 3.63) is 29.8 Å². The molecule has 0 bridgehead atoms. The van der Waals surface area contributed by atoms with Crippen LogP contribution in [0.15, 0.2) is 24.3 Å². The highest BCUT2D eigenvalue weighted by molar-refractivity contribution is 5.44. The first-order valence-corrected chi connectivity index (χ1v) is 3.96. The lowest BCUT2D eigenvalue weighted by Gasteiger charge is -2.25. The van der Waals surface area contributed by atoms with Gasteiger partial charge in [-0.05, 0) is 19.1 Å². The second-order valence-electron chi connectivity index (χ2n) is 2.88. The third kappa shape index (κ3) is 1.57. The maximum absolute atomic E-state index is 4.75. The van der Waals surface area contributed by atoms with Crippen LogP contribution in [-0.4, -0.2) is 12.8 Å². The first-order chi connectivity index (χ1) is 5.84. The van der Waals surface area contributed by atoms with Gasteiger partial charge in [0.15, 0.2) is 6.23 Å². The zero-order valence-corrected chi connectivity index (χ0v) is 6.91. The van der Waals surface area contributed by atoms with Gasteiger partial charge in [0, 0.05) is 5.69 Å². The van der Waals surface area contributed by atoms with Crippen molar-refractivity contribution in [2.45, 2.75) is 13.2 Å². The van der Waals surface area contributed by atoms with E-state index < -0.39 is 0 Å². The summed E-state index contributed by atoms with van der Waals surface area (Å²) in [5, 5.41) is 3.16. The van der Waals surface area contributed by atoms with Crippen LogP contribution >= 0.6 is 0 Å². The van der Waals surface area contributed by atoms with Crippen molar-refractivity contribution in [3.63, 3.8) is 0 Å². The Morgan fingerprint density at radius 1 is 1.33 bits per heavy atom. The van der Waals surface area contributed by atoms with E-state index in [4.69, 9.17) is 4.89 Å². The Morgan fingerprint density at radius 2 is 2.00 bits per heavy atom. The van der Waals surface area contributed by atoms with E-state index in [9.17, 15) is 0 Å². The lowest BCUT2D eigenvalue weighted by molar-refractivity contribution is -0.416. The average molecular weight is 165 g/mol. The third-order valence-electron chi connectivity index (χ3n) is 1.78.